The molecule has 0 aliphatic rings. The number of rotatable bonds is 22. The molecule has 99 heavy (non-hydrogen) atoms. The van der Waals surface area contributed by atoms with Crippen molar-refractivity contribution >= 4 is 72.5 Å². The molecule has 0 atom stereocenters. The number of alkyl halides is 6. The molecular weight excluding hydrogens is 1450 g/mol. The van der Waals surface area contributed by atoms with Crippen LogP contribution in [0.2, 0.25) is 13.3 Å². The van der Waals surface area contributed by atoms with Crippen LogP contribution in [-0.2, 0) is 19.6 Å². The second-order valence-electron chi connectivity index (χ2n) is 22.4. The number of fused-ring (bicyclic) bond motifs is 3. The molecule has 12 aromatic heterocycles. The van der Waals surface area contributed by atoms with Crippen LogP contribution >= 0.6 is 15.9 Å². The Kier molecular flexibility index (Phi) is 28.6. The van der Waals surface area contributed by atoms with Gasteiger partial charge in [-0.05, 0) is 78.3 Å². The number of halogens is 7. The number of hydrogen-bond donors (Lipinski definition) is 1. The summed E-state index contributed by atoms with van der Waals surface area (Å²) in [6.45, 7) is 25.6. The second-order valence-corrected chi connectivity index (χ2v) is 36.2. The summed E-state index contributed by atoms with van der Waals surface area (Å²) in [7, 11) is 0. The van der Waals surface area contributed by atoms with Crippen molar-refractivity contribution in [2.75, 3.05) is 0 Å². The number of carbonyl (C=O) groups is 1. The van der Waals surface area contributed by atoms with Crippen LogP contribution < -0.4 is 9.44 Å². The Morgan fingerprint density at radius 2 is 0.869 bits per heavy atom. The van der Waals surface area contributed by atoms with Gasteiger partial charge in [-0.2, -0.15) is 5.10 Å². The van der Waals surface area contributed by atoms with Crippen LogP contribution in [0.5, 0.6) is 0 Å². The maximum atomic E-state index is 13.1. The van der Waals surface area contributed by atoms with Crippen LogP contribution in [0.1, 0.15) is 109 Å². The van der Waals surface area contributed by atoms with Crippen molar-refractivity contribution in [2.24, 2.45) is 5.73 Å². The van der Waals surface area contributed by atoms with E-state index in [1.54, 1.807) is 52.2 Å². The summed E-state index contributed by atoms with van der Waals surface area (Å²) in [5.74, 6) is -0.205. The molecule has 0 aromatic carbocycles. The molecule has 0 unspecified atom stereocenters. The van der Waals surface area contributed by atoms with E-state index in [1.165, 1.54) is 122 Å². The SMILES string of the molecule is C.C.C.CCC[CH2][Sn]([CH2]CCC)([CH2]CCC)[c]1cccc(C)n1.Cc1cccc(-c2ncn(CC(F)F)c2-c2ccc3ncc(C(N)=O)n3n2)n1.[C-]#[N+]c1cnc2ccc(-c3c(-c4cccc(C)n4)ncn3CC(F)F)nn12.[C-]#[N+]c1cnc2ccc(-c3c(Br)ncn3CC(F)F)nn12. The van der Waals surface area contributed by atoms with Crippen LogP contribution in [0, 0.1) is 33.9 Å². The molecule has 0 fully saturated rings. The number of imidazole rings is 6. The summed E-state index contributed by atoms with van der Waals surface area (Å²) < 4.78 is 92.1. The summed E-state index contributed by atoms with van der Waals surface area (Å²) in [6, 6.07) is 27.5. The third-order valence-electron chi connectivity index (χ3n) is 15.5. The molecule has 12 rings (SSSR count). The molecule has 0 saturated heterocycles. The van der Waals surface area contributed by atoms with Crippen LogP contribution in [0.15, 0.2) is 133 Å². The number of pyridine rings is 3. The zero-order valence-electron chi connectivity index (χ0n) is 53.4. The van der Waals surface area contributed by atoms with Gasteiger partial charge in [0.05, 0.1) is 74.3 Å². The maximum absolute atomic E-state index is 13.1. The van der Waals surface area contributed by atoms with Gasteiger partial charge in [0.2, 0.25) is 11.3 Å². The monoisotopic (exact) mass is 1530 g/mol. The summed E-state index contributed by atoms with van der Waals surface area (Å²) in [5.41, 5.74) is 14.0. The van der Waals surface area contributed by atoms with E-state index in [0.717, 1.165) is 11.4 Å². The Labute approximate surface area is 583 Å². The van der Waals surface area contributed by atoms with Gasteiger partial charge in [0.15, 0.2) is 5.65 Å². The Balaban J connectivity index is 0.000000208. The van der Waals surface area contributed by atoms with Gasteiger partial charge in [-0.3, -0.25) is 14.8 Å². The maximum Gasteiger partial charge on any atom is 0.275 e. The van der Waals surface area contributed by atoms with Gasteiger partial charge in [0.1, 0.15) is 50.2 Å². The summed E-state index contributed by atoms with van der Waals surface area (Å²) >= 11 is 0.982. The quantitative estimate of drug-likeness (QED) is 0.0378. The molecule has 30 heteroatoms. The Morgan fingerprint density at radius 3 is 1.26 bits per heavy atom. The smallest absolute Gasteiger partial charge is 0.275 e. The molecule has 0 saturated carbocycles. The topological polar surface area (TPSA) is 235 Å². The van der Waals surface area contributed by atoms with Crippen LogP contribution in [0.25, 0.3) is 83.6 Å². The van der Waals surface area contributed by atoms with Crippen molar-refractivity contribution in [1.82, 2.24) is 87.4 Å². The summed E-state index contributed by atoms with van der Waals surface area (Å²) in [5, 5.41) is 13.1. The average Bonchev–Trinajstić information content (AvgIpc) is 1.47. The second kappa shape index (κ2) is 36.2. The van der Waals surface area contributed by atoms with Crippen molar-refractivity contribution in [1.29, 1.82) is 0 Å². The molecule has 1 amide bonds. The molecule has 12 aromatic rings. The van der Waals surface area contributed by atoms with E-state index in [1.807, 2.05) is 38.1 Å². The third-order valence-corrected chi connectivity index (χ3v) is 31.2. The molecule has 22 nitrogen and oxygen atoms in total. The Hall–Kier alpha value is -9.75. The van der Waals surface area contributed by atoms with Crippen LogP contribution in [0.4, 0.5) is 38.0 Å². The van der Waals surface area contributed by atoms with E-state index in [-0.39, 0.29) is 39.6 Å². The molecule has 12 heterocycles. The fourth-order valence-electron chi connectivity index (χ4n) is 10.9. The van der Waals surface area contributed by atoms with Crippen molar-refractivity contribution in [3.63, 3.8) is 0 Å². The number of amides is 1. The number of hydrogen-bond acceptors (Lipinski definition) is 13. The van der Waals surface area contributed by atoms with Crippen LogP contribution in [0.3, 0.4) is 0 Å². The first-order valence-corrected chi connectivity index (χ1v) is 39.1. The normalized spacial score (nSPS) is 11.1. The first-order chi connectivity index (χ1) is 46.3. The molecule has 0 radical (unpaired) electrons. The van der Waals surface area contributed by atoms with Crippen molar-refractivity contribution < 1.29 is 31.1 Å². The van der Waals surface area contributed by atoms with Gasteiger partial charge in [-0.15, -0.1) is 9.03 Å². The van der Waals surface area contributed by atoms with Gasteiger partial charge < -0.3 is 29.1 Å². The molecule has 0 bridgehead atoms. The molecule has 0 aliphatic carbocycles. The van der Waals surface area contributed by atoms with Crippen molar-refractivity contribution in [3.8, 4) is 56.9 Å². The zero-order chi connectivity index (χ0) is 68.6. The largest absolute Gasteiger partial charge is 0.364 e. The minimum absolute atomic E-state index is 0. The molecule has 520 valence electrons. The molecule has 0 aliphatic heterocycles. The van der Waals surface area contributed by atoms with E-state index in [9.17, 15) is 31.1 Å². The van der Waals surface area contributed by atoms with Crippen molar-refractivity contribution in [3.05, 3.63) is 179 Å². The van der Waals surface area contributed by atoms with Gasteiger partial charge in [0.25, 0.3) is 36.8 Å². The molecule has 0 spiro atoms. The van der Waals surface area contributed by atoms with Gasteiger partial charge in [-0.25, -0.2) is 60.8 Å². The van der Waals surface area contributed by atoms with E-state index in [0.29, 0.717) is 78.5 Å². The van der Waals surface area contributed by atoms with Gasteiger partial charge >= 0.3 is 130 Å². The number of nitrogens with zero attached hydrogens (tertiary/aromatic N) is 20. The van der Waals surface area contributed by atoms with E-state index < -0.39 is 63.2 Å². The minimum Gasteiger partial charge on any atom is -0.364 e. The number of carbonyl (C=O) groups excluding carboxylic acids is 1. The van der Waals surface area contributed by atoms with E-state index in [4.69, 9.17) is 23.9 Å². The van der Waals surface area contributed by atoms with Gasteiger partial charge in [0, 0.05) is 23.5 Å². The van der Waals surface area contributed by atoms with Gasteiger partial charge in [-0.1, -0.05) is 57.8 Å². The number of unbranched alkanes of at least 4 members (excludes halogenated alkanes) is 3. The zero-order valence-corrected chi connectivity index (χ0v) is 57.9. The van der Waals surface area contributed by atoms with Crippen LogP contribution in [-0.4, -0.2) is 131 Å². The number of nitrogens with two attached hydrogens (primary N) is 1. The number of primary amides is 1. The number of aryl methyl sites for hydroxylation is 3. The Morgan fingerprint density at radius 1 is 0.495 bits per heavy atom. The summed E-state index contributed by atoms with van der Waals surface area (Å²) in [6.07, 6.45) is 8.77. The minimum atomic E-state index is -2.58. The van der Waals surface area contributed by atoms with E-state index in [2.05, 4.69) is 127 Å². The third kappa shape index (κ3) is 18.9. The molecule has 2 N–H and O–H groups in total. The first-order valence-electron chi connectivity index (χ1n) is 30.9. The summed E-state index contributed by atoms with van der Waals surface area (Å²) in [4.78, 5) is 57.0. The van der Waals surface area contributed by atoms with Crippen molar-refractivity contribution in [2.45, 2.75) is 155 Å². The van der Waals surface area contributed by atoms with E-state index >= 15 is 0 Å². The first kappa shape index (κ1) is 78.2. The fraction of sp³-hybridized carbons (Fsp3) is 0.348. The predicted octanol–water partition coefficient (Wildman–Crippen LogP) is 16.6. The number of aromatic nitrogens is 18. The molecular formula is C69H80BrF6N21OSn. The average molecular weight is 1530 g/mol. The Bertz CT molecular complexity index is 4700. The predicted molar refractivity (Wildman–Crippen MR) is 379 cm³/mol. The standard InChI is InChI=1S/C18H15F2N7O.C18H13F2N7.C12H7BrF2N6.C6H6N.3C4H9.3CH4.Sn/c1-10-3-2-4-11(24-10)16-17(26(9-23-16)8-14(19)20)12-5-6-15-22-7-13(18(21)28)27(15)25-12;1-11-4-3-5-12(24-11)17-18(26(10-23-17)9-14(19)20)13-6-7-15-22-8-16(21-2)27(15)25-13;1-16-10-4-17-9-3-2-7(19-21(9)10)11-12(13)18-6-20(11)5-8(14)15;1-6-4-2-3-5-7-6;3*1-3-4-2;;;;/h2-7,9,14H,8H2,1H3,(H2,21,28);3-8,10,14H,9H2,1H3;2-4,6,8H,5H2;2-4H,1H3;3*1,3-4H2,2H3;3*1H4;. The fourth-order valence-corrected chi connectivity index (χ4v) is 27.1.